The maximum Gasteiger partial charge on any atom is 0.293 e. The van der Waals surface area contributed by atoms with E-state index < -0.39 is 5.91 Å². The van der Waals surface area contributed by atoms with Crippen LogP contribution < -0.4 is 15.4 Å². The third-order valence-electron chi connectivity index (χ3n) is 4.24. The molecule has 0 spiro atoms. The zero-order valence-electron chi connectivity index (χ0n) is 16.6. The molecule has 0 fully saturated rings. The number of anilines is 1. The minimum absolute atomic E-state index is 0.136. The normalized spacial score (nSPS) is 10.6. The highest BCUT2D eigenvalue weighted by atomic mass is 32.1. The number of rotatable bonds is 8. The second kappa shape index (κ2) is 9.31. The van der Waals surface area contributed by atoms with Crippen molar-refractivity contribution in [2.24, 2.45) is 0 Å². The summed E-state index contributed by atoms with van der Waals surface area (Å²) >= 11 is 1.27. The van der Waals surface area contributed by atoms with Gasteiger partial charge in [0.05, 0.1) is 12.8 Å². The van der Waals surface area contributed by atoms with Crippen molar-refractivity contribution in [1.82, 2.24) is 10.3 Å². The Morgan fingerprint density at radius 3 is 2.77 bits per heavy atom. The van der Waals surface area contributed by atoms with E-state index in [0.717, 1.165) is 0 Å². The summed E-state index contributed by atoms with van der Waals surface area (Å²) in [6.07, 6.45) is 1.45. The predicted octanol–water partition coefficient (Wildman–Crippen LogP) is 4.46. The summed E-state index contributed by atoms with van der Waals surface area (Å²) in [5, 5.41) is 7.60. The van der Waals surface area contributed by atoms with Crippen LogP contribution in [0.3, 0.4) is 0 Å². The monoisotopic (exact) mass is 437 g/mol. The van der Waals surface area contributed by atoms with Gasteiger partial charge >= 0.3 is 0 Å². The Kier molecular flexibility index (Phi) is 6.13. The van der Waals surface area contributed by atoms with E-state index in [9.17, 15) is 9.59 Å². The smallest absolute Gasteiger partial charge is 0.293 e. The van der Waals surface area contributed by atoms with Gasteiger partial charge in [0.1, 0.15) is 23.8 Å². The van der Waals surface area contributed by atoms with Crippen LogP contribution in [0.5, 0.6) is 5.75 Å². The van der Waals surface area contributed by atoms with Crippen molar-refractivity contribution in [1.29, 1.82) is 0 Å². The van der Waals surface area contributed by atoms with Crippen molar-refractivity contribution in [3.8, 4) is 17.2 Å². The molecule has 31 heavy (non-hydrogen) atoms. The summed E-state index contributed by atoms with van der Waals surface area (Å²) < 4.78 is 16.7. The van der Waals surface area contributed by atoms with E-state index in [1.165, 1.54) is 24.5 Å². The molecule has 0 aliphatic heterocycles. The van der Waals surface area contributed by atoms with Crippen molar-refractivity contribution >= 4 is 28.3 Å². The van der Waals surface area contributed by atoms with Crippen LogP contribution in [0.25, 0.3) is 11.5 Å². The van der Waals surface area contributed by atoms with Gasteiger partial charge in [0, 0.05) is 17.9 Å². The molecule has 0 saturated carbocycles. The summed E-state index contributed by atoms with van der Waals surface area (Å²) in [6, 6.07) is 14.6. The van der Waals surface area contributed by atoms with Crippen LogP contribution in [0.15, 0.2) is 69.0 Å². The van der Waals surface area contributed by atoms with E-state index in [2.05, 4.69) is 15.6 Å². The molecule has 0 bridgehead atoms. The summed E-state index contributed by atoms with van der Waals surface area (Å²) in [5.41, 5.74) is 1.22. The Bertz CT molecular complexity index is 1180. The van der Waals surface area contributed by atoms with E-state index in [0.29, 0.717) is 40.2 Å². The van der Waals surface area contributed by atoms with Gasteiger partial charge in [0.25, 0.3) is 5.91 Å². The van der Waals surface area contributed by atoms with Crippen molar-refractivity contribution < 1.29 is 23.2 Å². The molecule has 4 rings (SSSR count). The quantitative estimate of drug-likeness (QED) is 0.421. The number of carbonyl (C=O) groups excluding carboxylic acids is 2. The van der Waals surface area contributed by atoms with Crippen molar-refractivity contribution in [2.45, 2.75) is 20.1 Å². The van der Waals surface area contributed by atoms with Crippen molar-refractivity contribution in [3.63, 3.8) is 0 Å². The number of benzene rings is 1. The van der Waals surface area contributed by atoms with Gasteiger partial charge in [-0.3, -0.25) is 14.9 Å². The fraction of sp³-hybridized carbons (Fsp3) is 0.136. The molecule has 0 aliphatic rings. The Morgan fingerprint density at radius 1 is 1.13 bits per heavy atom. The largest absolute Gasteiger partial charge is 0.489 e. The van der Waals surface area contributed by atoms with Gasteiger partial charge < -0.3 is 18.9 Å². The first-order chi connectivity index (χ1) is 15.1. The number of thiazole rings is 1. The molecular weight excluding hydrogens is 418 g/mol. The molecule has 3 aromatic heterocycles. The summed E-state index contributed by atoms with van der Waals surface area (Å²) in [5.74, 6) is 1.49. The molecule has 8 nitrogen and oxygen atoms in total. The lowest BCUT2D eigenvalue weighted by molar-refractivity contribution is -0.119. The van der Waals surface area contributed by atoms with E-state index in [4.69, 9.17) is 13.6 Å². The molecule has 0 unspecified atom stereocenters. The van der Waals surface area contributed by atoms with Crippen LogP contribution in [0.4, 0.5) is 5.13 Å². The van der Waals surface area contributed by atoms with E-state index in [-0.39, 0.29) is 18.3 Å². The molecule has 9 heteroatoms. The standard InChI is InChI=1S/C22H19N3O5S/c1-14(26)23-11-17-7-8-19(30-17)18-13-31-22(24-18)25-21(27)20-15(9-10-28-20)12-29-16-5-3-2-4-6-16/h2-10,13H,11-12H2,1H3,(H,23,26)(H,24,25,27). The van der Waals surface area contributed by atoms with Gasteiger partial charge in [-0.15, -0.1) is 11.3 Å². The summed E-state index contributed by atoms with van der Waals surface area (Å²) in [4.78, 5) is 28.1. The van der Waals surface area contributed by atoms with Crippen LogP contribution in [0.1, 0.15) is 28.8 Å². The maximum atomic E-state index is 12.6. The Hall–Kier alpha value is -3.85. The fourth-order valence-electron chi connectivity index (χ4n) is 2.75. The maximum absolute atomic E-state index is 12.6. The average molecular weight is 437 g/mol. The minimum Gasteiger partial charge on any atom is -0.489 e. The Labute approximate surface area is 181 Å². The highest BCUT2D eigenvalue weighted by Gasteiger charge is 2.18. The summed E-state index contributed by atoms with van der Waals surface area (Å²) in [7, 11) is 0. The lowest BCUT2D eigenvalue weighted by Crippen LogP contribution is -2.18. The van der Waals surface area contributed by atoms with E-state index in [1.54, 1.807) is 23.6 Å². The zero-order chi connectivity index (χ0) is 21.6. The molecular formula is C22H19N3O5S. The number of amides is 2. The van der Waals surface area contributed by atoms with E-state index >= 15 is 0 Å². The second-order valence-corrected chi connectivity index (χ2v) is 7.40. The first kappa shape index (κ1) is 20.4. The second-order valence-electron chi connectivity index (χ2n) is 6.54. The number of para-hydroxylation sites is 1. The molecule has 2 N–H and O–H groups in total. The number of carbonyl (C=O) groups is 2. The molecule has 158 valence electrons. The topological polar surface area (TPSA) is 107 Å². The van der Waals surface area contributed by atoms with Crippen LogP contribution in [-0.4, -0.2) is 16.8 Å². The Balaban J connectivity index is 1.38. The average Bonchev–Trinajstić information content (AvgIpc) is 3.51. The first-order valence-electron chi connectivity index (χ1n) is 9.43. The first-order valence-corrected chi connectivity index (χ1v) is 10.3. The van der Waals surface area contributed by atoms with Crippen LogP contribution in [0, 0.1) is 0 Å². The molecule has 4 aromatic rings. The molecule has 0 atom stereocenters. The number of aromatic nitrogens is 1. The molecule has 0 radical (unpaired) electrons. The summed E-state index contributed by atoms with van der Waals surface area (Å²) in [6.45, 7) is 1.95. The number of ether oxygens (including phenoxy) is 1. The molecule has 0 aliphatic carbocycles. The van der Waals surface area contributed by atoms with Gasteiger partial charge in [-0.05, 0) is 30.3 Å². The number of nitrogens with one attached hydrogen (secondary N) is 2. The van der Waals surface area contributed by atoms with Gasteiger partial charge in [-0.1, -0.05) is 18.2 Å². The minimum atomic E-state index is -0.414. The van der Waals surface area contributed by atoms with Gasteiger partial charge in [0.15, 0.2) is 16.7 Å². The Morgan fingerprint density at radius 2 is 1.97 bits per heavy atom. The highest BCUT2D eigenvalue weighted by molar-refractivity contribution is 7.14. The number of hydrogen-bond acceptors (Lipinski definition) is 7. The lowest BCUT2D eigenvalue weighted by atomic mass is 10.2. The molecule has 3 heterocycles. The fourth-order valence-corrected chi connectivity index (χ4v) is 3.44. The van der Waals surface area contributed by atoms with Crippen LogP contribution in [0.2, 0.25) is 0 Å². The number of furan rings is 2. The highest BCUT2D eigenvalue weighted by Crippen LogP contribution is 2.27. The van der Waals surface area contributed by atoms with Gasteiger partial charge in [-0.25, -0.2) is 4.98 Å². The van der Waals surface area contributed by atoms with Gasteiger partial charge in [-0.2, -0.15) is 0 Å². The van der Waals surface area contributed by atoms with Crippen molar-refractivity contribution in [2.75, 3.05) is 5.32 Å². The van der Waals surface area contributed by atoms with E-state index in [1.807, 2.05) is 30.3 Å². The SMILES string of the molecule is CC(=O)NCc1ccc(-c2csc(NC(=O)c3occc3COc3ccccc3)n2)o1. The van der Waals surface area contributed by atoms with Crippen LogP contribution in [-0.2, 0) is 17.9 Å². The van der Waals surface area contributed by atoms with Gasteiger partial charge in [0.2, 0.25) is 5.91 Å². The van der Waals surface area contributed by atoms with Crippen molar-refractivity contribution in [3.05, 3.63) is 77.3 Å². The third kappa shape index (κ3) is 5.20. The molecule has 0 saturated heterocycles. The zero-order valence-corrected chi connectivity index (χ0v) is 17.4. The number of hydrogen-bond donors (Lipinski definition) is 2. The molecule has 1 aromatic carbocycles. The third-order valence-corrected chi connectivity index (χ3v) is 5.00. The lowest BCUT2D eigenvalue weighted by Gasteiger charge is -2.06. The predicted molar refractivity (Wildman–Crippen MR) is 115 cm³/mol. The molecule has 2 amide bonds. The number of nitrogens with zero attached hydrogens (tertiary/aromatic N) is 1. The van der Waals surface area contributed by atoms with Crippen LogP contribution >= 0.6 is 11.3 Å².